The third-order valence-corrected chi connectivity index (χ3v) is 4.44. The minimum Gasteiger partial charge on any atom is -0.384 e. The Morgan fingerprint density at radius 2 is 2.00 bits per heavy atom. The van der Waals surface area contributed by atoms with Crippen LogP contribution >= 0.6 is 11.8 Å². The van der Waals surface area contributed by atoms with Crippen LogP contribution in [0.2, 0.25) is 0 Å². The van der Waals surface area contributed by atoms with Crippen LogP contribution in [0.3, 0.4) is 0 Å². The second-order valence-electron chi connectivity index (χ2n) is 5.14. The smallest absolute Gasteiger partial charge is 0.122 e. The summed E-state index contributed by atoms with van der Waals surface area (Å²) in [7, 11) is 0. The number of fused-ring (bicyclic) bond motifs is 1. The van der Waals surface area contributed by atoms with Crippen LogP contribution in [0.1, 0.15) is 28.8 Å². The van der Waals surface area contributed by atoms with E-state index in [1.807, 2.05) is 19.1 Å². The molecular formula is C16H17N3S. The lowest BCUT2D eigenvalue weighted by Gasteiger charge is -2.07. The van der Waals surface area contributed by atoms with Crippen molar-refractivity contribution in [2.45, 2.75) is 36.1 Å². The lowest BCUT2D eigenvalue weighted by molar-refractivity contribution is 0.911. The quantitative estimate of drug-likeness (QED) is 0.671. The first-order valence-electron chi connectivity index (χ1n) is 6.74. The molecule has 20 heavy (non-hydrogen) atoms. The maximum atomic E-state index is 7.55. The summed E-state index contributed by atoms with van der Waals surface area (Å²) in [4.78, 5) is 5.72. The first-order chi connectivity index (χ1) is 9.61. The zero-order valence-corrected chi connectivity index (χ0v) is 12.3. The van der Waals surface area contributed by atoms with Gasteiger partial charge in [0.05, 0.1) is 0 Å². The van der Waals surface area contributed by atoms with Crippen molar-refractivity contribution in [3.63, 3.8) is 0 Å². The largest absolute Gasteiger partial charge is 0.384 e. The molecule has 1 aromatic carbocycles. The first-order valence-corrected chi connectivity index (χ1v) is 7.56. The summed E-state index contributed by atoms with van der Waals surface area (Å²) in [5, 5.41) is 8.45. The van der Waals surface area contributed by atoms with Gasteiger partial charge in [0.2, 0.25) is 0 Å². The molecule has 2 aromatic rings. The second kappa shape index (κ2) is 5.29. The molecule has 0 spiro atoms. The molecule has 1 aliphatic carbocycles. The number of nitrogen functional groups attached to an aromatic ring is 1. The highest BCUT2D eigenvalue weighted by atomic mass is 32.2. The number of nitrogens with zero attached hydrogens (tertiary/aromatic N) is 1. The number of aromatic nitrogens is 1. The third-order valence-electron chi connectivity index (χ3n) is 3.53. The van der Waals surface area contributed by atoms with Gasteiger partial charge in [-0.05, 0) is 61.6 Å². The number of nitrogens with one attached hydrogen (secondary N) is 1. The standard InChI is InChI=1S/C16H17N3S/c1-10-7-13(16(17)18)9-15(19-10)20-14-6-5-11-3-2-4-12(11)8-14/h5-9H,2-4H2,1H3,(H3,17,18). The zero-order chi connectivity index (χ0) is 14.1. The molecule has 1 heterocycles. The average Bonchev–Trinajstić information content (AvgIpc) is 2.85. The van der Waals surface area contributed by atoms with Crippen molar-refractivity contribution in [3.05, 3.63) is 52.7 Å². The van der Waals surface area contributed by atoms with E-state index in [2.05, 4.69) is 23.2 Å². The summed E-state index contributed by atoms with van der Waals surface area (Å²) < 4.78 is 0. The van der Waals surface area contributed by atoms with E-state index < -0.39 is 0 Å². The van der Waals surface area contributed by atoms with E-state index >= 15 is 0 Å². The molecule has 0 aliphatic heterocycles. The summed E-state index contributed by atoms with van der Waals surface area (Å²) in [5.41, 5.74) is 10.1. The number of amidine groups is 1. The van der Waals surface area contributed by atoms with Crippen LogP contribution in [0, 0.1) is 12.3 Å². The lowest BCUT2D eigenvalue weighted by atomic mass is 10.1. The van der Waals surface area contributed by atoms with Crippen molar-refractivity contribution >= 4 is 17.6 Å². The Bertz CT molecular complexity index is 679. The van der Waals surface area contributed by atoms with Gasteiger partial charge in [-0.3, -0.25) is 5.41 Å². The minimum absolute atomic E-state index is 0.0892. The number of pyridine rings is 1. The van der Waals surface area contributed by atoms with Gasteiger partial charge in [-0.2, -0.15) is 0 Å². The number of hydrogen-bond acceptors (Lipinski definition) is 3. The predicted octanol–water partition coefficient (Wildman–Crippen LogP) is 3.31. The Morgan fingerprint density at radius 1 is 1.20 bits per heavy atom. The van der Waals surface area contributed by atoms with E-state index in [1.54, 1.807) is 11.8 Å². The molecule has 0 fully saturated rings. The molecular weight excluding hydrogens is 266 g/mol. The van der Waals surface area contributed by atoms with Gasteiger partial charge in [0.15, 0.2) is 0 Å². The Labute approximate surface area is 123 Å². The van der Waals surface area contributed by atoms with E-state index in [4.69, 9.17) is 11.1 Å². The van der Waals surface area contributed by atoms with Crippen LogP contribution in [0.25, 0.3) is 0 Å². The maximum Gasteiger partial charge on any atom is 0.122 e. The molecule has 0 saturated heterocycles. The van der Waals surface area contributed by atoms with Gasteiger partial charge < -0.3 is 5.73 Å². The Hall–Kier alpha value is -1.81. The molecule has 1 aromatic heterocycles. The highest BCUT2D eigenvalue weighted by Gasteiger charge is 2.12. The molecule has 0 radical (unpaired) electrons. The Kier molecular flexibility index (Phi) is 3.49. The van der Waals surface area contributed by atoms with Gasteiger partial charge in [0.1, 0.15) is 10.9 Å². The molecule has 0 bridgehead atoms. The number of hydrogen-bond donors (Lipinski definition) is 2. The predicted molar refractivity (Wildman–Crippen MR) is 82.6 cm³/mol. The van der Waals surface area contributed by atoms with Crippen molar-refractivity contribution in [2.75, 3.05) is 0 Å². The van der Waals surface area contributed by atoms with Gasteiger partial charge in [-0.1, -0.05) is 17.8 Å². The van der Waals surface area contributed by atoms with E-state index in [1.165, 1.54) is 35.3 Å². The lowest BCUT2D eigenvalue weighted by Crippen LogP contribution is -2.11. The summed E-state index contributed by atoms with van der Waals surface area (Å²) in [6, 6.07) is 10.4. The van der Waals surface area contributed by atoms with Gasteiger partial charge in [0, 0.05) is 16.2 Å². The fraction of sp³-hybridized carbons (Fsp3) is 0.250. The zero-order valence-electron chi connectivity index (χ0n) is 11.4. The molecule has 102 valence electrons. The number of nitrogens with two attached hydrogens (primary N) is 1. The summed E-state index contributed by atoms with van der Waals surface area (Å²) in [6.45, 7) is 1.93. The number of aryl methyl sites for hydroxylation is 3. The molecule has 0 unspecified atom stereocenters. The molecule has 3 N–H and O–H groups in total. The van der Waals surface area contributed by atoms with Crippen LogP contribution in [0.4, 0.5) is 0 Å². The van der Waals surface area contributed by atoms with E-state index in [9.17, 15) is 0 Å². The van der Waals surface area contributed by atoms with Crippen molar-refractivity contribution in [1.82, 2.24) is 4.98 Å². The fourth-order valence-electron chi connectivity index (χ4n) is 2.58. The second-order valence-corrected chi connectivity index (χ2v) is 6.23. The Morgan fingerprint density at radius 3 is 2.80 bits per heavy atom. The fourth-order valence-corrected chi connectivity index (χ4v) is 3.53. The van der Waals surface area contributed by atoms with E-state index in [0.717, 1.165) is 16.3 Å². The minimum atomic E-state index is 0.0892. The van der Waals surface area contributed by atoms with Crippen molar-refractivity contribution in [1.29, 1.82) is 5.41 Å². The molecule has 0 saturated carbocycles. The van der Waals surface area contributed by atoms with Gasteiger partial charge >= 0.3 is 0 Å². The van der Waals surface area contributed by atoms with E-state index in [-0.39, 0.29) is 5.84 Å². The summed E-state index contributed by atoms with van der Waals surface area (Å²) >= 11 is 1.64. The van der Waals surface area contributed by atoms with E-state index in [0.29, 0.717) is 0 Å². The number of rotatable bonds is 3. The van der Waals surface area contributed by atoms with Crippen molar-refractivity contribution in [3.8, 4) is 0 Å². The molecule has 3 nitrogen and oxygen atoms in total. The van der Waals surface area contributed by atoms with Crippen molar-refractivity contribution in [2.24, 2.45) is 5.73 Å². The van der Waals surface area contributed by atoms with Crippen LogP contribution in [-0.2, 0) is 12.8 Å². The topological polar surface area (TPSA) is 62.8 Å². The van der Waals surface area contributed by atoms with Gasteiger partial charge in [0.25, 0.3) is 0 Å². The van der Waals surface area contributed by atoms with Crippen LogP contribution in [0.15, 0.2) is 40.3 Å². The molecule has 0 atom stereocenters. The summed E-state index contributed by atoms with van der Waals surface area (Å²) in [6.07, 6.45) is 3.65. The van der Waals surface area contributed by atoms with Gasteiger partial charge in [-0.15, -0.1) is 0 Å². The average molecular weight is 283 g/mol. The monoisotopic (exact) mass is 283 g/mol. The highest BCUT2D eigenvalue weighted by molar-refractivity contribution is 7.99. The first kappa shape index (κ1) is 13.2. The van der Waals surface area contributed by atoms with Crippen LogP contribution in [0.5, 0.6) is 0 Å². The van der Waals surface area contributed by atoms with Crippen LogP contribution in [-0.4, -0.2) is 10.8 Å². The molecule has 1 aliphatic rings. The molecule has 3 rings (SSSR count). The van der Waals surface area contributed by atoms with Crippen molar-refractivity contribution < 1.29 is 0 Å². The number of benzene rings is 1. The third kappa shape index (κ3) is 2.70. The highest BCUT2D eigenvalue weighted by Crippen LogP contribution is 2.31. The SMILES string of the molecule is Cc1cc(C(=N)N)cc(Sc2ccc3c(c2)CCC3)n1. The molecule has 0 amide bonds. The van der Waals surface area contributed by atoms with Gasteiger partial charge in [-0.25, -0.2) is 4.98 Å². The maximum absolute atomic E-state index is 7.55. The Balaban J connectivity index is 1.89. The van der Waals surface area contributed by atoms with Crippen LogP contribution < -0.4 is 5.73 Å². The normalized spacial score (nSPS) is 13.2. The molecule has 4 heteroatoms. The summed E-state index contributed by atoms with van der Waals surface area (Å²) in [5.74, 6) is 0.0892.